The van der Waals surface area contributed by atoms with Gasteiger partial charge < -0.3 is 5.32 Å². The highest BCUT2D eigenvalue weighted by molar-refractivity contribution is 5.83. The average molecular weight is 267 g/mol. The highest BCUT2D eigenvalue weighted by Crippen LogP contribution is 2.28. The summed E-state index contributed by atoms with van der Waals surface area (Å²) in [5.41, 5.74) is 2.85. The summed E-state index contributed by atoms with van der Waals surface area (Å²) in [5.74, 6) is 0.877. The molecule has 1 aliphatic rings. The number of hydrogen-bond donors (Lipinski definition) is 1. The summed E-state index contributed by atoms with van der Waals surface area (Å²) in [4.78, 5) is 0. The summed E-state index contributed by atoms with van der Waals surface area (Å²) in [5, 5.41) is 6.17. The lowest BCUT2D eigenvalue weighted by atomic mass is 9.82. The zero-order valence-electron chi connectivity index (χ0n) is 12.7. The highest BCUT2D eigenvalue weighted by atomic mass is 14.9. The van der Waals surface area contributed by atoms with Crippen LogP contribution in [0.2, 0.25) is 0 Å². The average Bonchev–Trinajstić information content (AvgIpc) is 2.48. The normalized spacial score (nSPS) is 23.1. The number of aryl methyl sites for hydroxylation is 1. The van der Waals surface area contributed by atoms with Gasteiger partial charge in [-0.05, 0) is 68.3 Å². The molecule has 106 valence electrons. The molecule has 0 unspecified atom stereocenters. The molecule has 1 nitrogen and oxygen atoms in total. The standard InChI is InChI=1S/C19H25N/c1-14-3-7-18-13-16(4-8-17(18)11-14)12-15-5-9-19(20-2)10-6-15/h3-4,7-8,11,13,15,19-20H,5-6,9-10,12H2,1-2H3. The third-order valence-electron chi connectivity index (χ3n) is 4.84. The van der Waals surface area contributed by atoms with Gasteiger partial charge in [-0.25, -0.2) is 0 Å². The van der Waals surface area contributed by atoms with Crippen molar-refractivity contribution in [1.29, 1.82) is 0 Å². The molecule has 0 radical (unpaired) electrons. The smallest absolute Gasteiger partial charge is 0.00642 e. The first-order valence-corrected chi connectivity index (χ1v) is 7.91. The summed E-state index contributed by atoms with van der Waals surface area (Å²) in [6.45, 7) is 2.16. The van der Waals surface area contributed by atoms with Crippen molar-refractivity contribution in [2.24, 2.45) is 5.92 Å². The van der Waals surface area contributed by atoms with Gasteiger partial charge in [0, 0.05) is 6.04 Å². The zero-order chi connectivity index (χ0) is 13.9. The van der Waals surface area contributed by atoms with Crippen LogP contribution in [0.4, 0.5) is 0 Å². The van der Waals surface area contributed by atoms with Gasteiger partial charge in [-0.2, -0.15) is 0 Å². The number of fused-ring (bicyclic) bond motifs is 1. The van der Waals surface area contributed by atoms with Crippen LogP contribution < -0.4 is 5.32 Å². The minimum atomic E-state index is 0.755. The SMILES string of the molecule is CNC1CCC(Cc2ccc3cc(C)ccc3c2)CC1. The molecule has 1 saturated carbocycles. The summed E-state index contributed by atoms with van der Waals surface area (Å²) in [6, 6.07) is 14.5. The van der Waals surface area contributed by atoms with Gasteiger partial charge in [-0.1, -0.05) is 42.0 Å². The molecule has 1 N–H and O–H groups in total. The Morgan fingerprint density at radius 2 is 1.65 bits per heavy atom. The molecule has 0 aliphatic heterocycles. The van der Waals surface area contributed by atoms with E-state index in [4.69, 9.17) is 0 Å². The quantitative estimate of drug-likeness (QED) is 0.865. The first-order chi connectivity index (χ1) is 9.74. The van der Waals surface area contributed by atoms with Gasteiger partial charge >= 0.3 is 0 Å². The fourth-order valence-corrected chi connectivity index (χ4v) is 3.53. The molecule has 2 aromatic carbocycles. The number of rotatable bonds is 3. The Bertz CT molecular complexity index is 579. The lowest BCUT2D eigenvalue weighted by Gasteiger charge is -2.28. The van der Waals surface area contributed by atoms with Crippen molar-refractivity contribution in [3.8, 4) is 0 Å². The van der Waals surface area contributed by atoms with Crippen LogP contribution in [0.15, 0.2) is 36.4 Å². The number of benzene rings is 2. The van der Waals surface area contributed by atoms with Crippen LogP contribution in [-0.4, -0.2) is 13.1 Å². The molecule has 0 bridgehead atoms. The molecule has 0 aromatic heterocycles. The first-order valence-electron chi connectivity index (χ1n) is 7.91. The molecule has 1 fully saturated rings. The van der Waals surface area contributed by atoms with E-state index < -0.39 is 0 Å². The van der Waals surface area contributed by atoms with E-state index in [-0.39, 0.29) is 0 Å². The van der Waals surface area contributed by atoms with Gasteiger partial charge in [0.2, 0.25) is 0 Å². The van der Waals surface area contributed by atoms with E-state index in [1.807, 2.05) is 0 Å². The van der Waals surface area contributed by atoms with E-state index >= 15 is 0 Å². The molecule has 0 spiro atoms. The number of hydrogen-bond acceptors (Lipinski definition) is 1. The van der Waals surface area contributed by atoms with Gasteiger partial charge in [0.25, 0.3) is 0 Å². The third kappa shape index (κ3) is 3.04. The molecule has 2 aromatic rings. The first kappa shape index (κ1) is 13.6. The molecule has 3 rings (SSSR count). The fourth-order valence-electron chi connectivity index (χ4n) is 3.53. The molecular formula is C19H25N. The minimum Gasteiger partial charge on any atom is -0.317 e. The summed E-state index contributed by atoms with van der Waals surface area (Å²) >= 11 is 0. The van der Waals surface area contributed by atoms with Crippen LogP contribution >= 0.6 is 0 Å². The van der Waals surface area contributed by atoms with Crippen molar-refractivity contribution in [1.82, 2.24) is 5.32 Å². The lowest BCUT2D eigenvalue weighted by molar-refractivity contribution is 0.300. The molecule has 1 heteroatoms. The Balaban J connectivity index is 1.70. The second-order valence-corrected chi connectivity index (χ2v) is 6.40. The molecular weight excluding hydrogens is 242 g/mol. The van der Waals surface area contributed by atoms with Gasteiger partial charge in [0.15, 0.2) is 0 Å². The van der Waals surface area contributed by atoms with Crippen molar-refractivity contribution in [2.45, 2.75) is 45.1 Å². The monoisotopic (exact) mass is 267 g/mol. The van der Waals surface area contributed by atoms with Gasteiger partial charge in [-0.15, -0.1) is 0 Å². The van der Waals surface area contributed by atoms with Crippen molar-refractivity contribution >= 4 is 10.8 Å². The largest absolute Gasteiger partial charge is 0.317 e. The van der Waals surface area contributed by atoms with E-state index in [1.165, 1.54) is 54.0 Å². The van der Waals surface area contributed by atoms with Crippen LogP contribution in [0, 0.1) is 12.8 Å². The fraction of sp³-hybridized carbons (Fsp3) is 0.474. The van der Waals surface area contributed by atoms with Crippen LogP contribution in [0.3, 0.4) is 0 Å². The number of nitrogens with one attached hydrogen (secondary N) is 1. The lowest BCUT2D eigenvalue weighted by Crippen LogP contribution is -2.30. The van der Waals surface area contributed by atoms with Gasteiger partial charge in [0.1, 0.15) is 0 Å². The van der Waals surface area contributed by atoms with Crippen LogP contribution in [-0.2, 0) is 6.42 Å². The van der Waals surface area contributed by atoms with Crippen molar-refractivity contribution in [3.05, 3.63) is 47.5 Å². The van der Waals surface area contributed by atoms with E-state index in [1.54, 1.807) is 0 Å². The maximum atomic E-state index is 3.42. The van der Waals surface area contributed by atoms with E-state index in [9.17, 15) is 0 Å². The van der Waals surface area contributed by atoms with E-state index in [0.29, 0.717) is 0 Å². The predicted octanol–water partition coefficient (Wildman–Crippen LogP) is 4.47. The summed E-state index contributed by atoms with van der Waals surface area (Å²) in [6.07, 6.45) is 6.68. The summed E-state index contributed by atoms with van der Waals surface area (Å²) in [7, 11) is 2.09. The Labute approximate surface area is 122 Å². The van der Waals surface area contributed by atoms with Crippen LogP contribution in [0.5, 0.6) is 0 Å². The molecule has 0 saturated heterocycles. The van der Waals surface area contributed by atoms with E-state index in [0.717, 1.165) is 12.0 Å². The topological polar surface area (TPSA) is 12.0 Å². The predicted molar refractivity (Wildman–Crippen MR) is 87.2 cm³/mol. The van der Waals surface area contributed by atoms with Crippen molar-refractivity contribution < 1.29 is 0 Å². The second kappa shape index (κ2) is 5.97. The Kier molecular flexibility index (Phi) is 4.07. The minimum absolute atomic E-state index is 0.755. The second-order valence-electron chi connectivity index (χ2n) is 6.40. The third-order valence-corrected chi connectivity index (χ3v) is 4.84. The maximum Gasteiger partial charge on any atom is 0.00642 e. The Morgan fingerprint density at radius 1 is 0.950 bits per heavy atom. The van der Waals surface area contributed by atoms with Gasteiger partial charge in [-0.3, -0.25) is 0 Å². The molecule has 0 atom stereocenters. The molecule has 0 heterocycles. The van der Waals surface area contributed by atoms with Crippen LogP contribution in [0.25, 0.3) is 10.8 Å². The molecule has 20 heavy (non-hydrogen) atoms. The van der Waals surface area contributed by atoms with Crippen molar-refractivity contribution in [3.63, 3.8) is 0 Å². The van der Waals surface area contributed by atoms with Gasteiger partial charge in [0.05, 0.1) is 0 Å². The zero-order valence-corrected chi connectivity index (χ0v) is 12.7. The Morgan fingerprint density at radius 3 is 2.40 bits per heavy atom. The highest BCUT2D eigenvalue weighted by Gasteiger charge is 2.20. The molecule has 0 amide bonds. The summed E-state index contributed by atoms with van der Waals surface area (Å²) < 4.78 is 0. The molecule has 1 aliphatic carbocycles. The Hall–Kier alpha value is -1.34. The van der Waals surface area contributed by atoms with Crippen molar-refractivity contribution in [2.75, 3.05) is 7.05 Å². The van der Waals surface area contributed by atoms with Crippen LogP contribution in [0.1, 0.15) is 36.8 Å². The maximum absolute atomic E-state index is 3.42. The van der Waals surface area contributed by atoms with E-state index in [2.05, 4.69) is 55.7 Å².